The number of carbonyl (C=O) groups excluding carboxylic acids is 2. The molecule has 5 nitrogen and oxygen atoms in total. The Bertz CT molecular complexity index is 188. The van der Waals surface area contributed by atoms with Crippen LogP contribution < -0.4 is 5.32 Å². The average molecular weight is 185 g/mol. The monoisotopic (exact) mass is 185 g/mol. The summed E-state index contributed by atoms with van der Waals surface area (Å²) in [4.78, 5) is 25.1. The summed E-state index contributed by atoms with van der Waals surface area (Å²) < 4.78 is 0. The standard InChI is InChI=1S/C8H15N3O2/c1-9-8(13)6-10-2-4-11(7-12)5-3-10/h7H,2-6H2,1H3,(H,9,13). The van der Waals surface area contributed by atoms with Crippen LogP contribution in [0.4, 0.5) is 0 Å². The van der Waals surface area contributed by atoms with E-state index in [-0.39, 0.29) is 5.91 Å². The van der Waals surface area contributed by atoms with Crippen molar-refractivity contribution in [2.45, 2.75) is 0 Å². The molecule has 1 heterocycles. The van der Waals surface area contributed by atoms with E-state index in [4.69, 9.17) is 0 Å². The predicted molar refractivity (Wildman–Crippen MR) is 48.1 cm³/mol. The molecule has 5 heteroatoms. The Balaban J connectivity index is 2.24. The smallest absolute Gasteiger partial charge is 0.233 e. The van der Waals surface area contributed by atoms with E-state index in [2.05, 4.69) is 5.32 Å². The first-order valence-electron chi connectivity index (χ1n) is 4.38. The van der Waals surface area contributed by atoms with Gasteiger partial charge in [0.15, 0.2) is 0 Å². The van der Waals surface area contributed by atoms with Gasteiger partial charge in [0.05, 0.1) is 6.54 Å². The van der Waals surface area contributed by atoms with Gasteiger partial charge in [0.25, 0.3) is 0 Å². The largest absolute Gasteiger partial charge is 0.358 e. The Morgan fingerprint density at radius 3 is 2.46 bits per heavy atom. The number of nitrogens with zero attached hydrogens (tertiary/aromatic N) is 2. The van der Waals surface area contributed by atoms with Crippen molar-refractivity contribution in [3.05, 3.63) is 0 Å². The van der Waals surface area contributed by atoms with Gasteiger partial charge in [-0.1, -0.05) is 0 Å². The highest BCUT2D eigenvalue weighted by Gasteiger charge is 2.16. The van der Waals surface area contributed by atoms with Crippen LogP contribution >= 0.6 is 0 Å². The van der Waals surface area contributed by atoms with Crippen LogP contribution in [0, 0.1) is 0 Å². The maximum Gasteiger partial charge on any atom is 0.233 e. The van der Waals surface area contributed by atoms with Gasteiger partial charge in [0.2, 0.25) is 12.3 Å². The maximum absolute atomic E-state index is 11.0. The van der Waals surface area contributed by atoms with E-state index in [0.717, 1.165) is 32.6 Å². The maximum atomic E-state index is 11.0. The second kappa shape index (κ2) is 4.81. The Hall–Kier alpha value is -1.10. The number of piperazine rings is 1. The normalized spacial score (nSPS) is 18.4. The Morgan fingerprint density at radius 2 is 2.00 bits per heavy atom. The third-order valence-corrected chi connectivity index (χ3v) is 2.20. The minimum absolute atomic E-state index is 0.0274. The first-order valence-corrected chi connectivity index (χ1v) is 4.38. The van der Waals surface area contributed by atoms with Gasteiger partial charge in [-0.3, -0.25) is 14.5 Å². The molecule has 13 heavy (non-hydrogen) atoms. The van der Waals surface area contributed by atoms with Gasteiger partial charge in [-0.05, 0) is 0 Å². The van der Waals surface area contributed by atoms with Gasteiger partial charge in [-0.25, -0.2) is 0 Å². The molecule has 0 atom stereocenters. The molecule has 0 aromatic rings. The molecule has 0 aromatic heterocycles. The summed E-state index contributed by atoms with van der Waals surface area (Å²) in [5, 5.41) is 2.57. The van der Waals surface area contributed by atoms with E-state index < -0.39 is 0 Å². The van der Waals surface area contributed by atoms with Crippen LogP contribution in [-0.4, -0.2) is 61.9 Å². The summed E-state index contributed by atoms with van der Waals surface area (Å²) in [6.45, 7) is 3.45. The van der Waals surface area contributed by atoms with Crippen molar-refractivity contribution in [2.75, 3.05) is 39.8 Å². The zero-order valence-electron chi connectivity index (χ0n) is 7.82. The van der Waals surface area contributed by atoms with E-state index in [1.807, 2.05) is 4.90 Å². The molecule has 0 saturated carbocycles. The lowest BCUT2D eigenvalue weighted by atomic mass is 10.3. The summed E-state index contributed by atoms with van der Waals surface area (Å²) >= 11 is 0. The van der Waals surface area contributed by atoms with E-state index in [9.17, 15) is 9.59 Å². The van der Waals surface area contributed by atoms with E-state index >= 15 is 0 Å². The molecule has 1 saturated heterocycles. The molecule has 0 spiro atoms. The van der Waals surface area contributed by atoms with Gasteiger partial charge in [-0.15, -0.1) is 0 Å². The van der Waals surface area contributed by atoms with Crippen LogP contribution in [-0.2, 0) is 9.59 Å². The Morgan fingerprint density at radius 1 is 1.38 bits per heavy atom. The fourth-order valence-electron chi connectivity index (χ4n) is 1.31. The predicted octanol–water partition coefficient (Wildman–Crippen LogP) is -1.49. The topological polar surface area (TPSA) is 52.7 Å². The average Bonchev–Trinajstić information content (AvgIpc) is 2.19. The molecule has 0 aliphatic carbocycles. The molecule has 0 unspecified atom stereocenters. The highest BCUT2D eigenvalue weighted by molar-refractivity contribution is 5.77. The molecule has 2 amide bonds. The summed E-state index contributed by atoms with van der Waals surface area (Å²) in [6, 6.07) is 0. The number of nitrogens with one attached hydrogen (secondary N) is 1. The molecule has 74 valence electrons. The van der Waals surface area contributed by atoms with Crippen molar-refractivity contribution in [2.24, 2.45) is 0 Å². The zero-order valence-corrected chi connectivity index (χ0v) is 7.82. The summed E-state index contributed by atoms with van der Waals surface area (Å²) in [5.41, 5.74) is 0. The van der Waals surface area contributed by atoms with Crippen LogP contribution in [0.15, 0.2) is 0 Å². The van der Waals surface area contributed by atoms with Crippen LogP contribution in [0.3, 0.4) is 0 Å². The summed E-state index contributed by atoms with van der Waals surface area (Å²) in [7, 11) is 1.63. The summed E-state index contributed by atoms with van der Waals surface area (Å²) in [6.07, 6.45) is 0.858. The lowest BCUT2D eigenvalue weighted by Crippen LogP contribution is -2.48. The number of hydrogen-bond donors (Lipinski definition) is 1. The van der Waals surface area contributed by atoms with Crippen LogP contribution in [0.1, 0.15) is 0 Å². The summed E-state index contributed by atoms with van der Waals surface area (Å²) in [5.74, 6) is 0.0274. The Labute approximate surface area is 77.7 Å². The van der Waals surface area contributed by atoms with Gasteiger partial charge < -0.3 is 10.2 Å². The highest BCUT2D eigenvalue weighted by Crippen LogP contribution is 1.98. The van der Waals surface area contributed by atoms with Crippen molar-refractivity contribution in [1.29, 1.82) is 0 Å². The van der Waals surface area contributed by atoms with Crippen LogP contribution in [0.2, 0.25) is 0 Å². The fourth-order valence-corrected chi connectivity index (χ4v) is 1.31. The van der Waals surface area contributed by atoms with Crippen LogP contribution in [0.25, 0.3) is 0 Å². The van der Waals surface area contributed by atoms with Gasteiger partial charge >= 0.3 is 0 Å². The van der Waals surface area contributed by atoms with E-state index in [1.165, 1.54) is 0 Å². The minimum Gasteiger partial charge on any atom is -0.358 e. The highest BCUT2D eigenvalue weighted by atomic mass is 16.2. The third kappa shape index (κ3) is 3.02. The molecule has 1 N–H and O–H groups in total. The number of rotatable bonds is 3. The zero-order chi connectivity index (χ0) is 9.68. The first kappa shape index (κ1) is 9.98. The van der Waals surface area contributed by atoms with E-state index in [1.54, 1.807) is 11.9 Å². The molecule has 1 fully saturated rings. The number of likely N-dealkylation sites (N-methyl/N-ethyl adjacent to an activating group) is 1. The minimum atomic E-state index is 0.0274. The number of carbonyl (C=O) groups is 2. The number of hydrogen-bond acceptors (Lipinski definition) is 3. The third-order valence-electron chi connectivity index (χ3n) is 2.20. The molecule has 1 aliphatic rings. The molecular weight excluding hydrogens is 170 g/mol. The first-order chi connectivity index (χ1) is 6.26. The fraction of sp³-hybridized carbons (Fsp3) is 0.750. The molecule has 0 radical (unpaired) electrons. The lowest BCUT2D eigenvalue weighted by molar-refractivity contribution is -0.123. The number of amides is 2. The van der Waals surface area contributed by atoms with Gasteiger partial charge in [-0.2, -0.15) is 0 Å². The molecule has 1 aliphatic heterocycles. The van der Waals surface area contributed by atoms with Crippen LogP contribution in [0.5, 0.6) is 0 Å². The molecule has 0 bridgehead atoms. The quantitative estimate of drug-likeness (QED) is 0.545. The second-order valence-electron chi connectivity index (χ2n) is 3.09. The SMILES string of the molecule is CNC(=O)CN1CCN(C=O)CC1. The van der Waals surface area contributed by atoms with Gasteiger partial charge in [0.1, 0.15) is 0 Å². The molecule has 1 rings (SSSR count). The lowest BCUT2D eigenvalue weighted by Gasteiger charge is -2.31. The van der Waals surface area contributed by atoms with Crippen molar-refractivity contribution in [1.82, 2.24) is 15.1 Å². The van der Waals surface area contributed by atoms with Crippen molar-refractivity contribution in [3.63, 3.8) is 0 Å². The van der Waals surface area contributed by atoms with E-state index in [0.29, 0.717) is 6.54 Å². The van der Waals surface area contributed by atoms with Crippen molar-refractivity contribution >= 4 is 12.3 Å². The second-order valence-corrected chi connectivity index (χ2v) is 3.09. The molecular formula is C8H15N3O2. The molecule has 0 aromatic carbocycles. The van der Waals surface area contributed by atoms with Crippen molar-refractivity contribution in [3.8, 4) is 0 Å². The van der Waals surface area contributed by atoms with Crippen molar-refractivity contribution < 1.29 is 9.59 Å². The van der Waals surface area contributed by atoms with Gasteiger partial charge in [0, 0.05) is 33.2 Å². The Kier molecular flexibility index (Phi) is 3.70.